The van der Waals surface area contributed by atoms with Crippen molar-refractivity contribution in [2.24, 2.45) is 5.73 Å². The number of carbonyl (C=O) groups is 3. The van der Waals surface area contributed by atoms with Gasteiger partial charge in [0.2, 0.25) is 5.91 Å². The molecule has 122 valence electrons. The number of carboxylic acids is 1. The van der Waals surface area contributed by atoms with E-state index in [-0.39, 0.29) is 5.70 Å². The Hall–Kier alpha value is -2.11. The van der Waals surface area contributed by atoms with Crippen molar-refractivity contribution in [3.8, 4) is 0 Å². The van der Waals surface area contributed by atoms with Gasteiger partial charge in [0.1, 0.15) is 23.2 Å². The number of fused-ring (bicyclic) bond motifs is 1. The van der Waals surface area contributed by atoms with Gasteiger partial charge in [-0.15, -0.1) is 23.1 Å². The molecule has 2 aliphatic heterocycles. The maximum absolute atomic E-state index is 12.2. The Balaban J connectivity index is 1.68. The van der Waals surface area contributed by atoms with Crippen LogP contribution >= 0.6 is 23.1 Å². The number of carbonyl (C=O) groups excluding carboxylic acids is 2. The number of hydrogen-bond acceptors (Lipinski definition) is 8. The van der Waals surface area contributed by atoms with Crippen LogP contribution in [0.25, 0.3) is 0 Å². The van der Waals surface area contributed by atoms with Crippen LogP contribution in [0.4, 0.5) is 5.13 Å². The Labute approximate surface area is 138 Å². The second kappa shape index (κ2) is 5.83. The van der Waals surface area contributed by atoms with Crippen LogP contribution in [-0.4, -0.2) is 49.9 Å². The fraction of sp³-hybridized carbons (Fsp3) is 0.333. The van der Waals surface area contributed by atoms with Gasteiger partial charge in [-0.3, -0.25) is 14.5 Å². The molecule has 1 aromatic rings. The number of thiazole rings is 1. The average Bonchev–Trinajstić information content (AvgIpc) is 2.96. The number of anilines is 1. The van der Waals surface area contributed by atoms with Crippen LogP contribution < -0.4 is 16.8 Å². The highest BCUT2D eigenvalue weighted by atomic mass is 32.2. The van der Waals surface area contributed by atoms with E-state index in [0.717, 1.165) is 0 Å². The summed E-state index contributed by atoms with van der Waals surface area (Å²) in [5, 5.41) is 13.1. The first kappa shape index (κ1) is 15.8. The van der Waals surface area contributed by atoms with E-state index in [2.05, 4.69) is 10.3 Å². The van der Waals surface area contributed by atoms with Gasteiger partial charge in [0.05, 0.1) is 5.69 Å². The number of aromatic nitrogens is 1. The maximum Gasteiger partial charge on any atom is 0.352 e. The van der Waals surface area contributed by atoms with Gasteiger partial charge in [-0.25, -0.2) is 9.78 Å². The van der Waals surface area contributed by atoms with E-state index < -0.39 is 35.2 Å². The first-order chi connectivity index (χ1) is 10.9. The summed E-state index contributed by atoms with van der Waals surface area (Å²) in [5.74, 6) is -1.73. The zero-order chi connectivity index (χ0) is 16.7. The molecule has 2 amide bonds. The van der Waals surface area contributed by atoms with E-state index in [1.165, 1.54) is 34.1 Å². The van der Waals surface area contributed by atoms with Gasteiger partial charge in [0.15, 0.2) is 5.13 Å². The van der Waals surface area contributed by atoms with Gasteiger partial charge < -0.3 is 21.9 Å². The number of thioether (sulfide) groups is 1. The maximum atomic E-state index is 12.2. The topological polar surface area (TPSA) is 152 Å². The third-order valence-corrected chi connectivity index (χ3v) is 5.38. The smallest absolute Gasteiger partial charge is 0.352 e. The molecule has 11 heteroatoms. The lowest BCUT2D eigenvalue weighted by molar-refractivity contribution is -0.150. The molecule has 23 heavy (non-hydrogen) atoms. The number of aliphatic carboxylic acids is 1. The molecule has 0 spiro atoms. The summed E-state index contributed by atoms with van der Waals surface area (Å²) in [6, 6.07) is -1.83. The Kier molecular flexibility index (Phi) is 4.00. The first-order valence-corrected chi connectivity index (χ1v) is 8.48. The van der Waals surface area contributed by atoms with Crippen LogP contribution in [0.1, 0.15) is 11.7 Å². The molecular weight excluding hydrogens is 342 g/mol. The number of nitrogens with one attached hydrogen (secondary N) is 1. The van der Waals surface area contributed by atoms with E-state index in [4.69, 9.17) is 16.6 Å². The molecule has 3 rings (SSSR count). The summed E-state index contributed by atoms with van der Waals surface area (Å²) < 4.78 is 0. The largest absolute Gasteiger partial charge is 0.477 e. The molecule has 0 bridgehead atoms. The van der Waals surface area contributed by atoms with Gasteiger partial charge in [-0.1, -0.05) is 0 Å². The molecule has 3 atom stereocenters. The third kappa shape index (κ3) is 2.66. The van der Waals surface area contributed by atoms with Gasteiger partial charge in [0.25, 0.3) is 5.91 Å². The Bertz CT molecular complexity index is 718. The van der Waals surface area contributed by atoms with Crippen LogP contribution in [0.5, 0.6) is 0 Å². The van der Waals surface area contributed by atoms with Crippen molar-refractivity contribution in [3.63, 3.8) is 0 Å². The summed E-state index contributed by atoms with van der Waals surface area (Å²) in [6.07, 6.45) is 1.48. The van der Waals surface area contributed by atoms with Gasteiger partial charge in [-0.05, 0) is 6.08 Å². The second-order valence-corrected chi connectivity index (χ2v) is 6.94. The van der Waals surface area contributed by atoms with Crippen molar-refractivity contribution >= 4 is 46.0 Å². The number of hydrogen-bond donors (Lipinski definition) is 4. The van der Waals surface area contributed by atoms with Crippen molar-refractivity contribution in [1.29, 1.82) is 0 Å². The third-order valence-electron chi connectivity index (χ3n) is 3.50. The molecule has 2 aliphatic rings. The highest BCUT2D eigenvalue weighted by Crippen LogP contribution is 2.37. The van der Waals surface area contributed by atoms with E-state index in [9.17, 15) is 14.4 Å². The minimum absolute atomic E-state index is 0.0548. The fourth-order valence-corrected chi connectivity index (χ4v) is 4.15. The van der Waals surface area contributed by atoms with Crippen molar-refractivity contribution in [2.75, 3.05) is 11.5 Å². The highest BCUT2D eigenvalue weighted by Gasteiger charge is 2.53. The zero-order valence-corrected chi connectivity index (χ0v) is 13.3. The molecule has 0 radical (unpaired) electrons. The molecule has 9 nitrogen and oxygen atoms in total. The predicted octanol–water partition coefficient (Wildman–Crippen LogP) is -0.906. The molecule has 0 aliphatic carbocycles. The predicted molar refractivity (Wildman–Crippen MR) is 84.2 cm³/mol. The minimum Gasteiger partial charge on any atom is -0.477 e. The minimum atomic E-state index is -1.16. The SMILES string of the molecule is Nc1nc(C(N)C(=O)NC2C(=O)N3C(C(=O)O)=CCS[C@@H]23)cs1. The molecule has 0 aromatic carbocycles. The molecule has 1 aromatic heterocycles. The number of β-lactam (4-membered cyclic amide) rings is 1. The first-order valence-electron chi connectivity index (χ1n) is 6.55. The van der Waals surface area contributed by atoms with E-state index in [1.54, 1.807) is 5.38 Å². The normalized spacial score (nSPS) is 24.3. The molecule has 1 fully saturated rings. The van der Waals surface area contributed by atoms with Crippen LogP contribution in [0.15, 0.2) is 17.2 Å². The Morgan fingerprint density at radius 2 is 2.26 bits per heavy atom. The molecule has 0 saturated carbocycles. The average molecular weight is 355 g/mol. The number of amides is 2. The summed E-state index contributed by atoms with van der Waals surface area (Å²) in [6.45, 7) is 0. The molecule has 1 saturated heterocycles. The quantitative estimate of drug-likeness (QED) is 0.507. The van der Waals surface area contributed by atoms with E-state index in [1.807, 2.05) is 0 Å². The highest BCUT2D eigenvalue weighted by molar-refractivity contribution is 8.00. The molecule has 6 N–H and O–H groups in total. The standard InChI is InChI=1S/C12H13N5O4S2/c13-6(4-3-23-12(14)15-4)8(18)16-7-9(19)17-5(11(20)21)1-2-22-10(7)17/h1,3,6-7,10H,2,13H2,(H2,14,15)(H,16,18)(H,20,21)/t6?,7?,10-/m0/s1. The zero-order valence-electron chi connectivity index (χ0n) is 11.6. The van der Waals surface area contributed by atoms with Gasteiger partial charge in [-0.2, -0.15) is 0 Å². The lowest BCUT2D eigenvalue weighted by Crippen LogP contribution is -2.70. The summed E-state index contributed by atoms with van der Waals surface area (Å²) in [7, 11) is 0. The second-order valence-electron chi connectivity index (χ2n) is 4.90. The Morgan fingerprint density at radius 1 is 1.52 bits per heavy atom. The van der Waals surface area contributed by atoms with E-state index >= 15 is 0 Å². The molecule has 3 heterocycles. The molecular formula is C12H13N5O4S2. The lowest BCUT2D eigenvalue weighted by Gasteiger charge is -2.48. The number of nitrogens with zero attached hydrogens (tertiary/aromatic N) is 2. The van der Waals surface area contributed by atoms with Crippen LogP contribution in [0, 0.1) is 0 Å². The number of carboxylic acid groups (broad SMARTS) is 1. The summed E-state index contributed by atoms with van der Waals surface area (Å²) in [5.41, 5.74) is 11.6. The summed E-state index contributed by atoms with van der Waals surface area (Å²) in [4.78, 5) is 40.5. The van der Waals surface area contributed by atoms with Crippen molar-refractivity contribution in [3.05, 3.63) is 22.8 Å². The number of nitrogens with two attached hydrogens (primary N) is 2. The Morgan fingerprint density at radius 3 is 2.87 bits per heavy atom. The van der Waals surface area contributed by atoms with Gasteiger partial charge >= 0.3 is 5.97 Å². The number of rotatable bonds is 4. The monoisotopic (exact) mass is 355 g/mol. The van der Waals surface area contributed by atoms with Crippen LogP contribution in [0.3, 0.4) is 0 Å². The molecule has 2 unspecified atom stereocenters. The van der Waals surface area contributed by atoms with Crippen molar-refractivity contribution in [1.82, 2.24) is 15.2 Å². The summed E-state index contributed by atoms with van der Waals surface area (Å²) >= 11 is 2.54. The van der Waals surface area contributed by atoms with E-state index in [0.29, 0.717) is 16.6 Å². The lowest BCUT2D eigenvalue weighted by atomic mass is 10.0. The van der Waals surface area contributed by atoms with Crippen LogP contribution in [-0.2, 0) is 14.4 Å². The van der Waals surface area contributed by atoms with Crippen LogP contribution in [0.2, 0.25) is 0 Å². The van der Waals surface area contributed by atoms with Crippen molar-refractivity contribution in [2.45, 2.75) is 17.5 Å². The number of nitrogen functional groups attached to an aromatic ring is 1. The van der Waals surface area contributed by atoms with Gasteiger partial charge in [0, 0.05) is 11.1 Å². The fourth-order valence-electron chi connectivity index (χ4n) is 2.36. The van der Waals surface area contributed by atoms with Crippen molar-refractivity contribution < 1.29 is 19.5 Å².